The van der Waals surface area contributed by atoms with Crippen molar-refractivity contribution in [2.45, 2.75) is 32.1 Å². The second kappa shape index (κ2) is 6.44. The Kier molecular flexibility index (Phi) is 4.90. The first-order chi connectivity index (χ1) is 11.5. The summed E-state index contributed by atoms with van der Waals surface area (Å²) in [5.74, 6) is -0.184. The average molecular weight is 421 g/mol. The lowest BCUT2D eigenvalue weighted by Gasteiger charge is -2.26. The van der Waals surface area contributed by atoms with Crippen LogP contribution in [0.4, 0.5) is 5.69 Å². The van der Waals surface area contributed by atoms with Crippen molar-refractivity contribution in [1.82, 2.24) is 0 Å². The third-order valence-electron chi connectivity index (χ3n) is 4.07. The van der Waals surface area contributed by atoms with E-state index in [2.05, 4.69) is 4.99 Å². The zero-order valence-corrected chi connectivity index (χ0v) is 17.1. The van der Waals surface area contributed by atoms with Crippen molar-refractivity contribution < 1.29 is 13.2 Å². The van der Waals surface area contributed by atoms with Gasteiger partial charge in [0.25, 0.3) is 5.91 Å². The van der Waals surface area contributed by atoms with Crippen LogP contribution in [0, 0.1) is 5.41 Å². The van der Waals surface area contributed by atoms with Crippen LogP contribution in [0.5, 0.6) is 0 Å². The van der Waals surface area contributed by atoms with Gasteiger partial charge in [0.1, 0.15) is 0 Å². The molecule has 0 N–H and O–H groups in total. The number of halogens is 2. The molecular formula is C16H18Cl2N2O3S2. The molecule has 1 amide bonds. The number of hydrogen-bond acceptors (Lipinski definition) is 4. The minimum Gasteiger partial charge on any atom is -0.314 e. The molecule has 9 heteroatoms. The summed E-state index contributed by atoms with van der Waals surface area (Å²) in [5.41, 5.74) is -0.0482. The Morgan fingerprint density at radius 3 is 2.60 bits per heavy atom. The Morgan fingerprint density at radius 1 is 1.28 bits per heavy atom. The summed E-state index contributed by atoms with van der Waals surface area (Å²) in [6.07, 6.45) is 0. The summed E-state index contributed by atoms with van der Waals surface area (Å²) < 4.78 is 24.1. The molecule has 136 valence electrons. The van der Waals surface area contributed by atoms with Crippen LogP contribution < -0.4 is 4.90 Å². The van der Waals surface area contributed by atoms with E-state index in [0.717, 1.165) is 0 Å². The van der Waals surface area contributed by atoms with Gasteiger partial charge >= 0.3 is 0 Å². The van der Waals surface area contributed by atoms with E-state index in [1.807, 2.05) is 0 Å². The molecule has 0 radical (unpaired) electrons. The highest BCUT2D eigenvalue weighted by Crippen LogP contribution is 2.44. The molecule has 2 aliphatic rings. The van der Waals surface area contributed by atoms with Gasteiger partial charge in [0.05, 0.1) is 28.3 Å². The number of nitrogens with zero attached hydrogens (tertiary/aromatic N) is 2. The summed E-state index contributed by atoms with van der Waals surface area (Å²) >= 11 is 13.8. The second-order valence-corrected chi connectivity index (χ2v) is 11.4. The molecule has 1 aromatic rings. The van der Waals surface area contributed by atoms with Crippen LogP contribution in [0.15, 0.2) is 23.2 Å². The van der Waals surface area contributed by atoms with Gasteiger partial charge in [0.15, 0.2) is 15.0 Å². The highest BCUT2D eigenvalue weighted by Gasteiger charge is 2.50. The van der Waals surface area contributed by atoms with Crippen LogP contribution in [0.3, 0.4) is 0 Å². The Labute approximate surface area is 161 Å². The topological polar surface area (TPSA) is 66.8 Å². The maximum atomic E-state index is 12.4. The third kappa shape index (κ3) is 3.84. The molecule has 0 spiro atoms. The SMILES string of the molecule is CC(C)(C)C(=O)N=C1SC2CS(=O)(=O)CC2N1c1cc(Cl)ccc1Cl. The van der Waals surface area contributed by atoms with Gasteiger partial charge in [-0.2, -0.15) is 4.99 Å². The van der Waals surface area contributed by atoms with Gasteiger partial charge in [0, 0.05) is 15.7 Å². The van der Waals surface area contributed by atoms with E-state index in [1.54, 1.807) is 43.9 Å². The zero-order valence-electron chi connectivity index (χ0n) is 14.0. The number of anilines is 1. The average Bonchev–Trinajstić information content (AvgIpc) is 2.92. The van der Waals surface area contributed by atoms with Crippen LogP contribution in [-0.4, -0.2) is 42.3 Å². The van der Waals surface area contributed by atoms with Crippen LogP contribution >= 0.6 is 35.0 Å². The molecule has 0 aliphatic carbocycles. The van der Waals surface area contributed by atoms with Crippen molar-refractivity contribution in [3.05, 3.63) is 28.2 Å². The Balaban J connectivity index is 2.09. The molecule has 3 rings (SSSR count). The van der Waals surface area contributed by atoms with Crippen LogP contribution in [0.25, 0.3) is 0 Å². The highest BCUT2D eigenvalue weighted by molar-refractivity contribution is 8.16. The Hall–Kier alpha value is -0.760. The van der Waals surface area contributed by atoms with E-state index < -0.39 is 15.3 Å². The molecule has 0 aromatic heterocycles. The number of fused-ring (bicyclic) bond motifs is 1. The summed E-state index contributed by atoms with van der Waals surface area (Å²) in [5, 5.41) is 1.22. The molecule has 0 saturated carbocycles. The van der Waals surface area contributed by atoms with Gasteiger partial charge < -0.3 is 4.90 Å². The minimum absolute atomic E-state index is 0.0102. The van der Waals surface area contributed by atoms with Gasteiger partial charge in [-0.3, -0.25) is 4.79 Å². The predicted octanol–water partition coefficient (Wildman–Crippen LogP) is 3.64. The largest absolute Gasteiger partial charge is 0.314 e. The maximum Gasteiger partial charge on any atom is 0.253 e. The van der Waals surface area contributed by atoms with E-state index in [-0.39, 0.29) is 28.7 Å². The molecule has 2 heterocycles. The second-order valence-electron chi connectivity index (χ2n) is 7.22. The molecule has 2 fully saturated rings. The summed E-state index contributed by atoms with van der Waals surface area (Å²) in [4.78, 5) is 18.4. The van der Waals surface area contributed by atoms with E-state index in [4.69, 9.17) is 23.2 Å². The van der Waals surface area contributed by atoms with Gasteiger partial charge in [-0.25, -0.2) is 8.42 Å². The molecule has 2 atom stereocenters. The van der Waals surface area contributed by atoms with E-state index in [0.29, 0.717) is 20.9 Å². The molecule has 1 aromatic carbocycles. The summed E-state index contributed by atoms with van der Waals surface area (Å²) in [6, 6.07) is 4.69. The third-order valence-corrected chi connectivity index (χ3v) is 7.84. The number of hydrogen-bond donors (Lipinski definition) is 0. The number of amides is 1. The van der Waals surface area contributed by atoms with Crippen LogP contribution in [0.2, 0.25) is 10.0 Å². The summed E-state index contributed by atoms with van der Waals surface area (Å²) in [6.45, 7) is 5.38. The minimum atomic E-state index is -3.13. The molecule has 2 saturated heterocycles. The number of sulfone groups is 1. The lowest BCUT2D eigenvalue weighted by atomic mass is 9.96. The number of thioether (sulfide) groups is 1. The van der Waals surface area contributed by atoms with E-state index >= 15 is 0 Å². The Morgan fingerprint density at radius 2 is 1.96 bits per heavy atom. The molecule has 0 bridgehead atoms. The molecular weight excluding hydrogens is 403 g/mol. The number of carbonyl (C=O) groups excluding carboxylic acids is 1. The molecule has 5 nitrogen and oxygen atoms in total. The smallest absolute Gasteiger partial charge is 0.253 e. The van der Waals surface area contributed by atoms with Crippen LogP contribution in [-0.2, 0) is 14.6 Å². The number of benzene rings is 1. The molecule has 25 heavy (non-hydrogen) atoms. The monoisotopic (exact) mass is 420 g/mol. The molecule has 2 unspecified atom stereocenters. The predicted molar refractivity (Wildman–Crippen MR) is 105 cm³/mol. The van der Waals surface area contributed by atoms with Crippen molar-refractivity contribution in [3.63, 3.8) is 0 Å². The van der Waals surface area contributed by atoms with E-state index in [9.17, 15) is 13.2 Å². The van der Waals surface area contributed by atoms with Crippen molar-refractivity contribution in [2.75, 3.05) is 16.4 Å². The number of rotatable bonds is 1. The molecule has 2 aliphatic heterocycles. The van der Waals surface area contributed by atoms with Gasteiger partial charge in [-0.1, -0.05) is 55.7 Å². The summed E-state index contributed by atoms with van der Waals surface area (Å²) in [7, 11) is -3.13. The fourth-order valence-electron chi connectivity index (χ4n) is 2.77. The van der Waals surface area contributed by atoms with Crippen molar-refractivity contribution >= 4 is 61.6 Å². The first-order valence-electron chi connectivity index (χ1n) is 7.72. The van der Waals surface area contributed by atoms with Crippen LogP contribution in [0.1, 0.15) is 20.8 Å². The van der Waals surface area contributed by atoms with Crippen molar-refractivity contribution in [2.24, 2.45) is 10.4 Å². The maximum absolute atomic E-state index is 12.4. The standard InChI is InChI=1S/C16H18Cl2N2O3S2/c1-16(2,3)14(21)19-15-20(11-6-9(17)4-5-10(11)18)12-7-25(22,23)8-13(12)24-15/h4-6,12-13H,7-8H2,1-3H3. The van der Waals surface area contributed by atoms with Gasteiger partial charge in [0.2, 0.25) is 0 Å². The lowest BCUT2D eigenvalue weighted by molar-refractivity contribution is -0.124. The zero-order chi connectivity index (χ0) is 18.6. The van der Waals surface area contributed by atoms with Gasteiger partial charge in [-0.15, -0.1) is 0 Å². The first-order valence-corrected chi connectivity index (χ1v) is 11.2. The number of amidine groups is 1. The van der Waals surface area contributed by atoms with Crippen molar-refractivity contribution in [3.8, 4) is 0 Å². The fraction of sp³-hybridized carbons (Fsp3) is 0.500. The Bertz CT molecular complexity index is 863. The number of aliphatic imine (C=N–C) groups is 1. The lowest BCUT2D eigenvalue weighted by Crippen LogP contribution is -2.38. The normalized spacial score (nSPS) is 26.9. The fourth-order valence-corrected chi connectivity index (χ4v) is 7.05. The quantitative estimate of drug-likeness (QED) is 0.693. The van der Waals surface area contributed by atoms with Gasteiger partial charge in [-0.05, 0) is 18.2 Å². The first kappa shape index (κ1) is 19.0. The van der Waals surface area contributed by atoms with Crippen molar-refractivity contribution in [1.29, 1.82) is 0 Å². The number of carbonyl (C=O) groups is 1. The highest BCUT2D eigenvalue weighted by atomic mass is 35.5. The van der Waals surface area contributed by atoms with E-state index in [1.165, 1.54) is 11.8 Å².